The fraction of sp³-hybridized carbons (Fsp3) is 0.133. The number of anilines is 1. The van der Waals surface area contributed by atoms with Gasteiger partial charge in [0.1, 0.15) is 12.1 Å². The number of terminal acetylenes is 1. The SMILES string of the molecule is C#CC(O)(c1ccccc1)c1c(C)nc2ncnn2c1N. The van der Waals surface area contributed by atoms with Crippen molar-refractivity contribution in [2.24, 2.45) is 0 Å². The molecule has 3 N–H and O–H groups in total. The Kier molecular flexibility index (Phi) is 2.85. The second-order valence-corrected chi connectivity index (χ2v) is 4.65. The lowest BCUT2D eigenvalue weighted by atomic mass is 9.86. The van der Waals surface area contributed by atoms with Crippen LogP contribution in [0.1, 0.15) is 16.8 Å². The van der Waals surface area contributed by atoms with E-state index in [1.807, 2.05) is 6.07 Å². The minimum Gasteiger partial charge on any atom is -0.383 e. The minimum absolute atomic E-state index is 0.222. The number of fused-ring (bicyclic) bond motifs is 1. The quantitative estimate of drug-likeness (QED) is 0.680. The van der Waals surface area contributed by atoms with Crippen LogP contribution in [0.4, 0.5) is 5.82 Å². The topological polar surface area (TPSA) is 89.3 Å². The highest BCUT2D eigenvalue weighted by Gasteiger charge is 2.35. The van der Waals surface area contributed by atoms with E-state index in [9.17, 15) is 5.11 Å². The monoisotopic (exact) mass is 279 g/mol. The van der Waals surface area contributed by atoms with E-state index in [-0.39, 0.29) is 5.82 Å². The Balaban J connectivity index is 2.34. The van der Waals surface area contributed by atoms with E-state index in [1.54, 1.807) is 31.2 Å². The number of nitrogens with two attached hydrogens (primary N) is 1. The van der Waals surface area contributed by atoms with E-state index in [2.05, 4.69) is 21.0 Å². The van der Waals surface area contributed by atoms with Crippen molar-refractivity contribution >= 4 is 11.6 Å². The summed E-state index contributed by atoms with van der Waals surface area (Å²) in [7, 11) is 0. The molecule has 3 rings (SSSR count). The van der Waals surface area contributed by atoms with Gasteiger partial charge in [-0.2, -0.15) is 14.6 Å². The summed E-state index contributed by atoms with van der Waals surface area (Å²) in [5.74, 6) is 3.01. The molecule has 1 unspecified atom stereocenters. The molecule has 3 aromatic rings. The lowest BCUT2D eigenvalue weighted by Crippen LogP contribution is -2.29. The summed E-state index contributed by atoms with van der Waals surface area (Å²) in [5.41, 5.74) is 5.85. The molecule has 6 nitrogen and oxygen atoms in total. The van der Waals surface area contributed by atoms with Crippen molar-refractivity contribution in [3.63, 3.8) is 0 Å². The lowest BCUT2D eigenvalue weighted by molar-refractivity contribution is 0.144. The van der Waals surface area contributed by atoms with Crippen LogP contribution in [0.5, 0.6) is 0 Å². The van der Waals surface area contributed by atoms with Crippen molar-refractivity contribution in [1.82, 2.24) is 19.6 Å². The van der Waals surface area contributed by atoms with Crippen LogP contribution in [-0.2, 0) is 5.60 Å². The molecule has 0 radical (unpaired) electrons. The summed E-state index contributed by atoms with van der Waals surface area (Å²) in [6.07, 6.45) is 6.95. The number of nitrogens with zero attached hydrogens (tertiary/aromatic N) is 4. The average molecular weight is 279 g/mol. The lowest BCUT2D eigenvalue weighted by Gasteiger charge is -2.25. The molecule has 1 atom stereocenters. The summed E-state index contributed by atoms with van der Waals surface area (Å²) >= 11 is 0. The molecule has 0 amide bonds. The molecule has 104 valence electrons. The van der Waals surface area contributed by atoms with Gasteiger partial charge in [-0.05, 0) is 6.92 Å². The fourth-order valence-electron chi connectivity index (χ4n) is 2.41. The third-order valence-corrected chi connectivity index (χ3v) is 3.41. The maximum atomic E-state index is 11.0. The molecule has 2 aromatic heterocycles. The first-order valence-corrected chi connectivity index (χ1v) is 6.30. The highest BCUT2D eigenvalue weighted by atomic mass is 16.3. The van der Waals surface area contributed by atoms with Crippen LogP contribution in [-0.4, -0.2) is 24.7 Å². The number of rotatable bonds is 2. The van der Waals surface area contributed by atoms with Gasteiger partial charge in [0.25, 0.3) is 5.78 Å². The van der Waals surface area contributed by atoms with Gasteiger partial charge in [0, 0.05) is 5.56 Å². The summed E-state index contributed by atoms with van der Waals surface area (Å²) in [6, 6.07) is 8.92. The molecular formula is C15H13N5O. The molecule has 0 bridgehead atoms. The molecule has 0 saturated carbocycles. The zero-order valence-corrected chi connectivity index (χ0v) is 11.4. The van der Waals surface area contributed by atoms with Crippen molar-refractivity contribution in [2.75, 3.05) is 5.73 Å². The average Bonchev–Trinajstić information content (AvgIpc) is 2.96. The van der Waals surface area contributed by atoms with Gasteiger partial charge in [0.15, 0.2) is 5.60 Å². The van der Waals surface area contributed by atoms with Crippen molar-refractivity contribution in [1.29, 1.82) is 0 Å². The molecule has 0 saturated heterocycles. The van der Waals surface area contributed by atoms with Gasteiger partial charge in [-0.15, -0.1) is 6.42 Å². The van der Waals surface area contributed by atoms with E-state index in [0.717, 1.165) is 0 Å². The van der Waals surface area contributed by atoms with Crippen LogP contribution in [0.2, 0.25) is 0 Å². The Morgan fingerprint density at radius 2 is 2.05 bits per heavy atom. The highest BCUT2D eigenvalue weighted by molar-refractivity contribution is 5.58. The third-order valence-electron chi connectivity index (χ3n) is 3.41. The molecule has 0 aliphatic heterocycles. The Hall–Kier alpha value is -2.91. The fourth-order valence-corrected chi connectivity index (χ4v) is 2.41. The van der Waals surface area contributed by atoms with E-state index < -0.39 is 5.60 Å². The standard InChI is InChI=1S/C15H13N5O/c1-3-15(21,11-7-5-4-6-8-11)12-10(2)19-14-17-9-18-20(14)13(12)16/h1,4-9,21H,16H2,2H3. The van der Waals surface area contributed by atoms with Gasteiger partial charge < -0.3 is 10.8 Å². The molecule has 2 heterocycles. The van der Waals surface area contributed by atoms with Gasteiger partial charge in [-0.1, -0.05) is 36.3 Å². The van der Waals surface area contributed by atoms with Gasteiger partial charge in [0.2, 0.25) is 0 Å². The first kappa shape index (κ1) is 13.1. The highest BCUT2D eigenvalue weighted by Crippen LogP contribution is 2.34. The molecule has 0 aliphatic carbocycles. The van der Waals surface area contributed by atoms with Crippen molar-refractivity contribution in [3.8, 4) is 12.3 Å². The van der Waals surface area contributed by atoms with Crippen molar-refractivity contribution in [2.45, 2.75) is 12.5 Å². The maximum Gasteiger partial charge on any atom is 0.254 e. The van der Waals surface area contributed by atoms with Gasteiger partial charge in [-0.25, -0.2) is 4.98 Å². The van der Waals surface area contributed by atoms with Crippen LogP contribution < -0.4 is 5.73 Å². The molecule has 0 spiro atoms. The second kappa shape index (κ2) is 4.58. The summed E-state index contributed by atoms with van der Waals surface area (Å²) in [5, 5.41) is 15.0. The Bertz CT molecular complexity index is 850. The minimum atomic E-state index is -1.68. The predicted molar refractivity (Wildman–Crippen MR) is 78.2 cm³/mol. The number of aromatic nitrogens is 4. The molecule has 21 heavy (non-hydrogen) atoms. The van der Waals surface area contributed by atoms with Crippen molar-refractivity contribution < 1.29 is 5.11 Å². The van der Waals surface area contributed by atoms with E-state index in [1.165, 1.54) is 10.8 Å². The number of aliphatic hydroxyl groups is 1. The smallest absolute Gasteiger partial charge is 0.254 e. The third kappa shape index (κ3) is 1.83. The largest absolute Gasteiger partial charge is 0.383 e. The second-order valence-electron chi connectivity index (χ2n) is 4.65. The summed E-state index contributed by atoms with van der Waals surface area (Å²) in [6.45, 7) is 1.73. The molecule has 0 aliphatic rings. The number of hydrogen-bond acceptors (Lipinski definition) is 5. The number of nitrogen functional groups attached to an aromatic ring is 1. The van der Waals surface area contributed by atoms with E-state index in [4.69, 9.17) is 12.2 Å². The Morgan fingerprint density at radius 3 is 2.71 bits per heavy atom. The van der Waals surface area contributed by atoms with Crippen LogP contribution in [0.3, 0.4) is 0 Å². The van der Waals surface area contributed by atoms with Crippen LogP contribution in [0.25, 0.3) is 5.78 Å². The van der Waals surface area contributed by atoms with E-state index in [0.29, 0.717) is 22.6 Å². The van der Waals surface area contributed by atoms with Gasteiger partial charge in [0.05, 0.1) is 11.3 Å². The first-order valence-electron chi connectivity index (χ1n) is 6.30. The predicted octanol–water partition coefficient (Wildman–Crippen LogP) is 0.884. The Morgan fingerprint density at radius 1 is 1.33 bits per heavy atom. The van der Waals surface area contributed by atoms with Crippen molar-refractivity contribution in [3.05, 3.63) is 53.5 Å². The van der Waals surface area contributed by atoms with Gasteiger partial charge >= 0.3 is 0 Å². The maximum absolute atomic E-state index is 11.0. The Labute approximate surface area is 121 Å². The zero-order valence-electron chi connectivity index (χ0n) is 11.4. The number of hydrogen-bond donors (Lipinski definition) is 2. The first-order chi connectivity index (χ1) is 10.1. The van der Waals surface area contributed by atoms with E-state index >= 15 is 0 Å². The zero-order chi connectivity index (χ0) is 15.0. The van der Waals surface area contributed by atoms with Crippen LogP contribution in [0, 0.1) is 19.3 Å². The number of aryl methyl sites for hydroxylation is 1. The molecular weight excluding hydrogens is 266 g/mol. The summed E-state index contributed by atoms with van der Waals surface area (Å²) in [4.78, 5) is 8.28. The normalized spacial score (nSPS) is 13.8. The van der Waals surface area contributed by atoms with Crippen LogP contribution >= 0.6 is 0 Å². The molecule has 6 heteroatoms. The molecule has 1 aromatic carbocycles. The number of benzene rings is 1. The van der Waals surface area contributed by atoms with Gasteiger partial charge in [-0.3, -0.25) is 0 Å². The van der Waals surface area contributed by atoms with Crippen LogP contribution in [0.15, 0.2) is 36.7 Å². The summed E-state index contributed by atoms with van der Waals surface area (Å²) < 4.78 is 1.35. The molecule has 0 fully saturated rings.